The highest BCUT2D eigenvalue weighted by molar-refractivity contribution is 6.33. The Labute approximate surface area is 102 Å². The first-order chi connectivity index (χ1) is 8.27. The van der Waals surface area contributed by atoms with Gasteiger partial charge in [-0.1, -0.05) is 11.6 Å². The maximum absolute atomic E-state index is 6.22. The van der Waals surface area contributed by atoms with Crippen molar-refractivity contribution in [2.24, 2.45) is 0 Å². The number of fused-ring (bicyclic) bond motifs is 1. The summed E-state index contributed by atoms with van der Waals surface area (Å²) in [5.41, 5.74) is 8.30. The van der Waals surface area contributed by atoms with Gasteiger partial charge in [-0.05, 0) is 12.1 Å². The van der Waals surface area contributed by atoms with E-state index in [-0.39, 0.29) is 6.79 Å². The second-order valence-electron chi connectivity index (χ2n) is 3.71. The number of hydrogen-bond donors (Lipinski definition) is 2. The third kappa shape index (κ3) is 1.64. The minimum atomic E-state index is 0.259. The van der Waals surface area contributed by atoms with E-state index >= 15 is 0 Å². The lowest BCUT2D eigenvalue weighted by Crippen LogP contribution is -2.12. The molecule has 6 heteroatoms. The van der Waals surface area contributed by atoms with Crippen LogP contribution in [0.25, 0.3) is 11.1 Å². The number of H-pyrrole nitrogens is 1. The first-order valence-corrected chi connectivity index (χ1v) is 5.46. The van der Waals surface area contributed by atoms with Crippen LogP contribution in [0.2, 0.25) is 5.02 Å². The number of aromatic nitrogens is 2. The van der Waals surface area contributed by atoms with Crippen LogP contribution in [-0.4, -0.2) is 17.0 Å². The molecule has 1 aliphatic heterocycles. The lowest BCUT2D eigenvalue weighted by molar-refractivity contribution is -0.0160. The van der Waals surface area contributed by atoms with E-state index in [1.165, 1.54) is 0 Å². The molecule has 2 heterocycles. The summed E-state index contributed by atoms with van der Waals surface area (Å²) in [5.74, 6) is 1.25. The number of nitrogens with zero attached hydrogens (tertiary/aromatic N) is 1. The maximum atomic E-state index is 6.22. The molecule has 0 spiro atoms. The van der Waals surface area contributed by atoms with Crippen LogP contribution in [0.4, 0.5) is 5.82 Å². The number of aromatic amines is 1. The summed E-state index contributed by atoms with van der Waals surface area (Å²) in [6.07, 6.45) is 1.64. The Kier molecular flexibility index (Phi) is 2.42. The van der Waals surface area contributed by atoms with Crippen LogP contribution in [0, 0.1) is 0 Å². The molecule has 0 aliphatic carbocycles. The Morgan fingerprint density at radius 3 is 3.06 bits per heavy atom. The van der Waals surface area contributed by atoms with Crippen molar-refractivity contribution in [2.45, 2.75) is 6.61 Å². The average Bonchev–Trinajstić information content (AvgIpc) is 2.75. The van der Waals surface area contributed by atoms with Gasteiger partial charge in [-0.2, -0.15) is 5.10 Å². The van der Waals surface area contributed by atoms with E-state index in [1.807, 2.05) is 6.07 Å². The van der Waals surface area contributed by atoms with Crippen LogP contribution >= 0.6 is 11.6 Å². The molecule has 0 saturated carbocycles. The summed E-state index contributed by atoms with van der Waals surface area (Å²) >= 11 is 6.22. The fourth-order valence-corrected chi connectivity index (χ4v) is 2.19. The van der Waals surface area contributed by atoms with Gasteiger partial charge < -0.3 is 15.2 Å². The zero-order valence-electron chi connectivity index (χ0n) is 8.87. The molecule has 0 atom stereocenters. The van der Waals surface area contributed by atoms with Gasteiger partial charge >= 0.3 is 0 Å². The molecule has 5 nitrogen and oxygen atoms in total. The van der Waals surface area contributed by atoms with Crippen LogP contribution in [-0.2, 0) is 11.3 Å². The molecule has 0 radical (unpaired) electrons. The number of benzene rings is 1. The summed E-state index contributed by atoms with van der Waals surface area (Å²) in [6, 6.07) is 3.62. The molecule has 1 aromatic carbocycles. The summed E-state index contributed by atoms with van der Waals surface area (Å²) in [5, 5.41) is 7.19. The molecule has 0 fully saturated rings. The lowest BCUT2D eigenvalue weighted by Gasteiger charge is -2.21. The van der Waals surface area contributed by atoms with Crippen molar-refractivity contribution >= 4 is 17.4 Å². The topological polar surface area (TPSA) is 73.2 Å². The highest BCUT2D eigenvalue weighted by atomic mass is 35.5. The molecule has 17 heavy (non-hydrogen) atoms. The molecule has 1 aliphatic rings. The Morgan fingerprint density at radius 1 is 1.41 bits per heavy atom. The molecular weight excluding hydrogens is 242 g/mol. The number of ether oxygens (including phenoxy) is 2. The molecule has 0 amide bonds. The van der Waals surface area contributed by atoms with E-state index in [4.69, 9.17) is 26.8 Å². The van der Waals surface area contributed by atoms with E-state index < -0.39 is 0 Å². The zero-order chi connectivity index (χ0) is 11.8. The standard InChI is InChI=1S/C11H10ClN3O2/c12-8-1-2-9-7(4-16-5-17-9)10(8)6-3-14-15-11(6)13/h1-3H,4-5H2,(H3,13,14,15). The van der Waals surface area contributed by atoms with Gasteiger partial charge in [-0.25, -0.2) is 0 Å². The largest absolute Gasteiger partial charge is 0.467 e. The van der Waals surface area contributed by atoms with Crippen molar-refractivity contribution in [3.8, 4) is 16.9 Å². The van der Waals surface area contributed by atoms with Crippen molar-refractivity contribution < 1.29 is 9.47 Å². The number of halogens is 1. The van der Waals surface area contributed by atoms with Gasteiger partial charge in [0.1, 0.15) is 11.6 Å². The molecule has 0 unspecified atom stereocenters. The molecule has 3 rings (SSSR count). The van der Waals surface area contributed by atoms with Crippen molar-refractivity contribution in [1.82, 2.24) is 10.2 Å². The van der Waals surface area contributed by atoms with Gasteiger partial charge in [0.05, 0.1) is 12.8 Å². The number of nitrogens with one attached hydrogen (secondary N) is 1. The lowest BCUT2D eigenvalue weighted by atomic mass is 10.0. The van der Waals surface area contributed by atoms with Gasteiger partial charge in [0, 0.05) is 21.7 Å². The van der Waals surface area contributed by atoms with Crippen molar-refractivity contribution in [3.63, 3.8) is 0 Å². The van der Waals surface area contributed by atoms with E-state index in [0.717, 1.165) is 22.4 Å². The summed E-state index contributed by atoms with van der Waals surface area (Å²) in [6.45, 7) is 0.713. The van der Waals surface area contributed by atoms with Crippen LogP contribution in [0.5, 0.6) is 5.75 Å². The van der Waals surface area contributed by atoms with Crippen LogP contribution < -0.4 is 10.5 Å². The van der Waals surface area contributed by atoms with E-state index in [2.05, 4.69) is 10.2 Å². The molecule has 88 valence electrons. The average molecular weight is 252 g/mol. The molecule has 0 bridgehead atoms. The normalized spacial score (nSPS) is 14.2. The second-order valence-corrected chi connectivity index (χ2v) is 4.11. The summed E-state index contributed by atoms with van der Waals surface area (Å²) < 4.78 is 10.7. The number of anilines is 1. The van der Waals surface area contributed by atoms with E-state index in [1.54, 1.807) is 12.3 Å². The summed E-state index contributed by atoms with van der Waals surface area (Å²) in [7, 11) is 0. The Balaban J connectivity index is 2.25. The number of nitrogens with two attached hydrogens (primary N) is 1. The van der Waals surface area contributed by atoms with E-state index in [9.17, 15) is 0 Å². The van der Waals surface area contributed by atoms with E-state index in [0.29, 0.717) is 17.4 Å². The van der Waals surface area contributed by atoms with Gasteiger partial charge in [0.2, 0.25) is 0 Å². The third-order valence-corrected chi connectivity index (χ3v) is 3.02. The van der Waals surface area contributed by atoms with Crippen molar-refractivity contribution in [1.29, 1.82) is 0 Å². The molecular formula is C11H10ClN3O2. The smallest absolute Gasteiger partial charge is 0.189 e. The Morgan fingerprint density at radius 2 is 2.29 bits per heavy atom. The van der Waals surface area contributed by atoms with Crippen LogP contribution in [0.1, 0.15) is 5.56 Å². The fraction of sp³-hybridized carbons (Fsp3) is 0.182. The first-order valence-electron chi connectivity index (χ1n) is 5.08. The van der Waals surface area contributed by atoms with Crippen molar-refractivity contribution in [2.75, 3.05) is 12.5 Å². The molecule has 2 aromatic rings. The zero-order valence-corrected chi connectivity index (χ0v) is 9.62. The van der Waals surface area contributed by atoms with Gasteiger partial charge in [0.15, 0.2) is 6.79 Å². The number of nitrogen functional groups attached to an aromatic ring is 1. The Hall–Kier alpha value is -1.72. The SMILES string of the molecule is Nc1[nH]ncc1-c1c(Cl)ccc2c1COCO2. The number of rotatable bonds is 1. The second kappa shape index (κ2) is 3.94. The van der Waals surface area contributed by atoms with Crippen molar-refractivity contribution in [3.05, 3.63) is 28.9 Å². The van der Waals surface area contributed by atoms with Crippen LogP contribution in [0.15, 0.2) is 18.3 Å². The van der Waals surface area contributed by atoms with Crippen LogP contribution in [0.3, 0.4) is 0 Å². The summed E-state index contributed by atoms with van der Waals surface area (Å²) in [4.78, 5) is 0. The Bertz CT molecular complexity index is 568. The molecule has 0 saturated heterocycles. The van der Waals surface area contributed by atoms with Gasteiger partial charge in [-0.15, -0.1) is 0 Å². The highest BCUT2D eigenvalue weighted by Gasteiger charge is 2.20. The number of hydrogen-bond acceptors (Lipinski definition) is 4. The minimum absolute atomic E-state index is 0.259. The fourth-order valence-electron chi connectivity index (χ4n) is 1.91. The first kappa shape index (κ1) is 10.4. The van der Waals surface area contributed by atoms with Gasteiger partial charge in [-0.3, -0.25) is 5.10 Å². The monoisotopic (exact) mass is 251 g/mol. The third-order valence-electron chi connectivity index (χ3n) is 2.70. The minimum Gasteiger partial charge on any atom is -0.467 e. The molecule has 3 N–H and O–H groups in total. The predicted octanol–water partition coefficient (Wildman–Crippen LogP) is 2.18. The highest BCUT2D eigenvalue weighted by Crippen LogP contribution is 2.40. The quantitative estimate of drug-likeness (QED) is 0.815. The van der Waals surface area contributed by atoms with Gasteiger partial charge in [0.25, 0.3) is 0 Å². The maximum Gasteiger partial charge on any atom is 0.189 e. The predicted molar refractivity (Wildman–Crippen MR) is 63.7 cm³/mol. The molecule has 1 aromatic heterocycles.